The summed E-state index contributed by atoms with van der Waals surface area (Å²) < 4.78 is 0. The molecule has 0 aromatic carbocycles. The third kappa shape index (κ3) is 10.8. The standard InChI is InChI=1S/C10H21N3O3/c11-10(15)12-8-6-4-2-1-3-5-7-9(14)13-16/h16H,1-8H2,(H,13,14)(H3,11,12,15). The Hall–Kier alpha value is -1.30. The monoisotopic (exact) mass is 231 g/mol. The first-order valence-electron chi connectivity index (χ1n) is 5.63. The van der Waals surface area contributed by atoms with Crippen molar-refractivity contribution in [3.63, 3.8) is 0 Å². The molecule has 0 atom stereocenters. The van der Waals surface area contributed by atoms with E-state index in [1.54, 1.807) is 5.48 Å². The van der Waals surface area contributed by atoms with Gasteiger partial charge in [0.25, 0.3) is 0 Å². The fourth-order valence-corrected chi connectivity index (χ4v) is 1.39. The van der Waals surface area contributed by atoms with Crippen molar-refractivity contribution in [1.29, 1.82) is 0 Å². The topological polar surface area (TPSA) is 104 Å². The van der Waals surface area contributed by atoms with Crippen molar-refractivity contribution in [2.24, 2.45) is 5.73 Å². The molecule has 0 spiro atoms. The first kappa shape index (κ1) is 14.7. The van der Waals surface area contributed by atoms with Gasteiger partial charge in [0, 0.05) is 13.0 Å². The van der Waals surface area contributed by atoms with E-state index in [1.165, 1.54) is 0 Å². The van der Waals surface area contributed by atoms with Crippen LogP contribution in [0.2, 0.25) is 0 Å². The molecular formula is C10H21N3O3. The van der Waals surface area contributed by atoms with Crippen LogP contribution in [0.5, 0.6) is 0 Å². The zero-order chi connectivity index (χ0) is 12.2. The van der Waals surface area contributed by atoms with Crippen molar-refractivity contribution in [2.75, 3.05) is 6.54 Å². The van der Waals surface area contributed by atoms with E-state index in [2.05, 4.69) is 5.32 Å². The number of nitrogens with two attached hydrogens (primary N) is 1. The van der Waals surface area contributed by atoms with Crippen molar-refractivity contribution in [3.05, 3.63) is 0 Å². The van der Waals surface area contributed by atoms with Crippen LogP contribution in [0, 0.1) is 0 Å². The zero-order valence-corrected chi connectivity index (χ0v) is 9.50. The van der Waals surface area contributed by atoms with Crippen molar-refractivity contribution >= 4 is 11.9 Å². The van der Waals surface area contributed by atoms with Gasteiger partial charge in [-0.3, -0.25) is 10.0 Å². The number of carbonyl (C=O) groups excluding carboxylic acids is 2. The van der Waals surface area contributed by atoms with Crippen LogP contribution in [-0.2, 0) is 4.79 Å². The summed E-state index contributed by atoms with van der Waals surface area (Å²) in [5.41, 5.74) is 6.51. The van der Waals surface area contributed by atoms with Gasteiger partial charge in [-0.25, -0.2) is 10.3 Å². The third-order valence-corrected chi connectivity index (χ3v) is 2.25. The highest BCUT2D eigenvalue weighted by molar-refractivity contribution is 5.74. The molecule has 0 saturated heterocycles. The molecule has 0 unspecified atom stereocenters. The van der Waals surface area contributed by atoms with Crippen LogP contribution in [0.1, 0.15) is 44.9 Å². The SMILES string of the molecule is NC(=O)NCCCCCCCCC(=O)NO. The summed E-state index contributed by atoms with van der Waals surface area (Å²) in [4.78, 5) is 21.0. The van der Waals surface area contributed by atoms with E-state index < -0.39 is 6.03 Å². The Balaban J connectivity index is 3.04. The van der Waals surface area contributed by atoms with Crippen LogP contribution in [0.15, 0.2) is 0 Å². The van der Waals surface area contributed by atoms with E-state index in [4.69, 9.17) is 10.9 Å². The second kappa shape index (κ2) is 10.2. The van der Waals surface area contributed by atoms with Gasteiger partial charge in [-0.1, -0.05) is 25.7 Å². The molecule has 0 heterocycles. The predicted octanol–water partition coefficient (Wildman–Crippen LogP) is 0.891. The number of hydroxylamine groups is 1. The van der Waals surface area contributed by atoms with Crippen LogP contribution < -0.4 is 16.5 Å². The molecular weight excluding hydrogens is 210 g/mol. The highest BCUT2D eigenvalue weighted by Gasteiger charge is 1.98. The van der Waals surface area contributed by atoms with E-state index in [-0.39, 0.29) is 5.91 Å². The van der Waals surface area contributed by atoms with Gasteiger partial charge in [0.05, 0.1) is 0 Å². The molecule has 94 valence electrons. The number of hydrogen-bond donors (Lipinski definition) is 4. The smallest absolute Gasteiger partial charge is 0.312 e. The molecule has 0 aliphatic heterocycles. The fraction of sp³-hybridized carbons (Fsp3) is 0.800. The summed E-state index contributed by atoms with van der Waals surface area (Å²) in [6.07, 6.45) is 6.28. The quantitative estimate of drug-likeness (QED) is 0.269. The minimum Gasteiger partial charge on any atom is -0.352 e. The largest absolute Gasteiger partial charge is 0.352 e. The maximum absolute atomic E-state index is 10.6. The lowest BCUT2D eigenvalue weighted by atomic mass is 10.1. The first-order valence-corrected chi connectivity index (χ1v) is 5.63. The highest BCUT2D eigenvalue weighted by Crippen LogP contribution is 2.06. The van der Waals surface area contributed by atoms with Gasteiger partial charge in [-0.2, -0.15) is 0 Å². The number of carbonyl (C=O) groups is 2. The van der Waals surface area contributed by atoms with Gasteiger partial charge in [-0.05, 0) is 12.8 Å². The second-order valence-corrected chi connectivity index (χ2v) is 3.70. The molecule has 0 bridgehead atoms. The molecule has 0 aliphatic rings. The Labute approximate surface area is 95.5 Å². The molecule has 0 saturated carbocycles. The van der Waals surface area contributed by atoms with Crippen molar-refractivity contribution in [2.45, 2.75) is 44.9 Å². The summed E-state index contributed by atoms with van der Waals surface area (Å²) in [7, 11) is 0. The molecule has 0 aromatic heterocycles. The van der Waals surface area contributed by atoms with Crippen molar-refractivity contribution in [1.82, 2.24) is 10.8 Å². The van der Waals surface area contributed by atoms with E-state index in [9.17, 15) is 9.59 Å². The Kier molecular flexibility index (Phi) is 9.39. The molecule has 0 radical (unpaired) electrons. The molecule has 5 N–H and O–H groups in total. The molecule has 6 nitrogen and oxygen atoms in total. The minimum absolute atomic E-state index is 0.328. The Morgan fingerprint density at radius 2 is 1.56 bits per heavy atom. The number of amides is 3. The number of hydrogen-bond acceptors (Lipinski definition) is 3. The van der Waals surface area contributed by atoms with E-state index in [1.807, 2.05) is 0 Å². The summed E-state index contributed by atoms with van der Waals surface area (Å²) in [5.74, 6) is -0.328. The first-order chi connectivity index (χ1) is 7.66. The Bertz CT molecular complexity index is 209. The Morgan fingerprint density at radius 1 is 1.00 bits per heavy atom. The highest BCUT2D eigenvalue weighted by atomic mass is 16.5. The lowest BCUT2D eigenvalue weighted by Gasteiger charge is -2.02. The van der Waals surface area contributed by atoms with Crippen LogP contribution in [-0.4, -0.2) is 23.7 Å². The third-order valence-electron chi connectivity index (χ3n) is 2.25. The van der Waals surface area contributed by atoms with E-state index >= 15 is 0 Å². The lowest BCUT2D eigenvalue weighted by molar-refractivity contribution is -0.129. The number of primary amides is 1. The molecule has 3 amide bonds. The van der Waals surface area contributed by atoms with Crippen LogP contribution >= 0.6 is 0 Å². The van der Waals surface area contributed by atoms with Crippen molar-refractivity contribution in [3.8, 4) is 0 Å². The molecule has 0 aromatic rings. The second-order valence-electron chi connectivity index (χ2n) is 3.70. The molecule has 6 heteroatoms. The fourth-order valence-electron chi connectivity index (χ4n) is 1.39. The van der Waals surface area contributed by atoms with Gasteiger partial charge in [0.1, 0.15) is 0 Å². The van der Waals surface area contributed by atoms with Crippen LogP contribution in [0.4, 0.5) is 4.79 Å². The number of urea groups is 1. The zero-order valence-electron chi connectivity index (χ0n) is 9.50. The van der Waals surface area contributed by atoms with Gasteiger partial charge in [-0.15, -0.1) is 0 Å². The van der Waals surface area contributed by atoms with Gasteiger partial charge in [0.2, 0.25) is 5.91 Å². The van der Waals surface area contributed by atoms with Crippen LogP contribution in [0.3, 0.4) is 0 Å². The number of rotatable bonds is 9. The normalized spacial score (nSPS) is 9.81. The van der Waals surface area contributed by atoms with Crippen LogP contribution in [0.25, 0.3) is 0 Å². The summed E-state index contributed by atoms with van der Waals surface area (Å²) >= 11 is 0. The predicted molar refractivity (Wildman–Crippen MR) is 59.8 cm³/mol. The summed E-state index contributed by atoms with van der Waals surface area (Å²) in [6.45, 7) is 0.627. The average molecular weight is 231 g/mol. The van der Waals surface area contributed by atoms with Gasteiger partial charge in [0.15, 0.2) is 0 Å². The van der Waals surface area contributed by atoms with E-state index in [0.29, 0.717) is 13.0 Å². The van der Waals surface area contributed by atoms with Crippen molar-refractivity contribution < 1.29 is 14.8 Å². The van der Waals surface area contributed by atoms with Gasteiger partial charge >= 0.3 is 6.03 Å². The lowest BCUT2D eigenvalue weighted by Crippen LogP contribution is -2.29. The maximum Gasteiger partial charge on any atom is 0.312 e. The molecule has 0 rings (SSSR count). The summed E-state index contributed by atoms with van der Waals surface area (Å²) in [5, 5.41) is 10.8. The average Bonchev–Trinajstić information content (AvgIpc) is 2.26. The number of nitrogens with one attached hydrogen (secondary N) is 2. The van der Waals surface area contributed by atoms with Gasteiger partial charge < -0.3 is 11.1 Å². The number of unbranched alkanes of at least 4 members (excludes halogenated alkanes) is 5. The maximum atomic E-state index is 10.6. The van der Waals surface area contributed by atoms with E-state index in [0.717, 1.165) is 38.5 Å². The molecule has 0 fully saturated rings. The summed E-state index contributed by atoms with van der Waals surface area (Å²) in [6, 6.07) is -0.477. The molecule has 16 heavy (non-hydrogen) atoms. The minimum atomic E-state index is -0.477. The Morgan fingerprint density at radius 3 is 2.12 bits per heavy atom. The molecule has 0 aliphatic carbocycles.